The van der Waals surface area contributed by atoms with E-state index in [9.17, 15) is 13.6 Å². The zero-order valence-corrected chi connectivity index (χ0v) is 10.9. The molecule has 2 N–H and O–H groups in total. The van der Waals surface area contributed by atoms with Crippen LogP contribution in [0.3, 0.4) is 0 Å². The Hall–Kier alpha value is -2.11. The third-order valence-electron chi connectivity index (χ3n) is 3.04. The number of rotatable bonds is 2. The van der Waals surface area contributed by atoms with E-state index >= 15 is 0 Å². The molecule has 0 saturated carbocycles. The summed E-state index contributed by atoms with van der Waals surface area (Å²) in [5.41, 5.74) is 6.38. The standard InChI is InChI=1S/C13H15F2N3O/c1-7(2)12-11(16)13(19)18(17(12)3)8-4-5-9(14)10(15)6-8/h4-7H,16H2,1-3H3. The number of aromatic nitrogens is 2. The maximum absolute atomic E-state index is 13.3. The van der Waals surface area contributed by atoms with Gasteiger partial charge in [-0.15, -0.1) is 0 Å². The van der Waals surface area contributed by atoms with Crippen molar-refractivity contribution in [2.75, 3.05) is 5.73 Å². The van der Waals surface area contributed by atoms with E-state index < -0.39 is 17.2 Å². The van der Waals surface area contributed by atoms with Crippen LogP contribution in [-0.4, -0.2) is 9.36 Å². The van der Waals surface area contributed by atoms with Gasteiger partial charge in [0.2, 0.25) is 0 Å². The largest absolute Gasteiger partial charge is 0.393 e. The summed E-state index contributed by atoms with van der Waals surface area (Å²) in [6.07, 6.45) is 0. The lowest BCUT2D eigenvalue weighted by molar-refractivity contribution is 0.505. The zero-order valence-electron chi connectivity index (χ0n) is 10.9. The van der Waals surface area contributed by atoms with E-state index in [0.717, 1.165) is 12.1 Å². The molecule has 1 heterocycles. The van der Waals surface area contributed by atoms with Gasteiger partial charge in [0.15, 0.2) is 11.6 Å². The molecule has 0 amide bonds. The summed E-state index contributed by atoms with van der Waals surface area (Å²) in [7, 11) is 1.66. The summed E-state index contributed by atoms with van der Waals surface area (Å²) in [5, 5.41) is 0. The van der Waals surface area contributed by atoms with Gasteiger partial charge < -0.3 is 5.73 Å². The SMILES string of the molecule is CC(C)c1c(N)c(=O)n(-c2ccc(F)c(F)c2)n1C. The molecule has 4 nitrogen and oxygen atoms in total. The highest BCUT2D eigenvalue weighted by molar-refractivity contribution is 5.46. The highest BCUT2D eigenvalue weighted by atomic mass is 19.2. The van der Waals surface area contributed by atoms with Crippen molar-refractivity contribution >= 4 is 5.69 Å². The average Bonchev–Trinajstić information content (AvgIpc) is 2.54. The number of anilines is 1. The van der Waals surface area contributed by atoms with Crippen molar-refractivity contribution in [3.63, 3.8) is 0 Å². The molecule has 0 fully saturated rings. The molecule has 0 saturated heterocycles. The minimum atomic E-state index is -1.00. The second-order valence-electron chi connectivity index (χ2n) is 4.69. The third-order valence-corrected chi connectivity index (χ3v) is 3.04. The molecule has 0 radical (unpaired) electrons. The number of benzene rings is 1. The van der Waals surface area contributed by atoms with Gasteiger partial charge in [-0.3, -0.25) is 9.48 Å². The summed E-state index contributed by atoms with van der Waals surface area (Å²) in [5.74, 6) is -1.91. The van der Waals surface area contributed by atoms with Crippen LogP contribution in [-0.2, 0) is 7.05 Å². The first kappa shape index (κ1) is 13.3. The van der Waals surface area contributed by atoms with E-state index in [4.69, 9.17) is 5.73 Å². The van der Waals surface area contributed by atoms with Crippen LogP contribution in [0.2, 0.25) is 0 Å². The lowest BCUT2D eigenvalue weighted by Gasteiger charge is -2.12. The van der Waals surface area contributed by atoms with Gasteiger partial charge in [0.25, 0.3) is 5.56 Å². The highest BCUT2D eigenvalue weighted by Gasteiger charge is 2.19. The van der Waals surface area contributed by atoms with Crippen molar-refractivity contribution in [2.45, 2.75) is 19.8 Å². The van der Waals surface area contributed by atoms with E-state index in [-0.39, 0.29) is 17.3 Å². The molecular formula is C13H15F2N3O. The quantitative estimate of drug-likeness (QED) is 0.906. The molecule has 2 rings (SSSR count). The maximum atomic E-state index is 13.3. The van der Waals surface area contributed by atoms with Crippen LogP contribution >= 0.6 is 0 Å². The van der Waals surface area contributed by atoms with Crippen LogP contribution in [0, 0.1) is 11.6 Å². The normalized spacial score (nSPS) is 11.3. The van der Waals surface area contributed by atoms with Gasteiger partial charge >= 0.3 is 0 Å². The van der Waals surface area contributed by atoms with Gasteiger partial charge in [-0.1, -0.05) is 13.8 Å². The Labute approximate surface area is 109 Å². The molecule has 0 unspecified atom stereocenters. The molecule has 102 valence electrons. The molecule has 1 aromatic carbocycles. The number of hydrogen-bond donors (Lipinski definition) is 1. The summed E-state index contributed by atoms with van der Waals surface area (Å²) in [4.78, 5) is 12.1. The van der Waals surface area contributed by atoms with Crippen molar-refractivity contribution in [3.05, 3.63) is 45.9 Å². The summed E-state index contributed by atoms with van der Waals surface area (Å²) >= 11 is 0. The molecular weight excluding hydrogens is 252 g/mol. The van der Waals surface area contributed by atoms with E-state index in [0.29, 0.717) is 5.69 Å². The first-order valence-corrected chi connectivity index (χ1v) is 5.87. The molecule has 0 aliphatic carbocycles. The van der Waals surface area contributed by atoms with Crippen molar-refractivity contribution in [3.8, 4) is 5.69 Å². The molecule has 19 heavy (non-hydrogen) atoms. The van der Waals surface area contributed by atoms with Crippen LogP contribution in [0.25, 0.3) is 5.69 Å². The van der Waals surface area contributed by atoms with E-state index in [2.05, 4.69) is 0 Å². The van der Waals surface area contributed by atoms with Crippen molar-refractivity contribution in [2.24, 2.45) is 7.05 Å². The Bertz CT molecular complexity index is 686. The molecule has 0 spiro atoms. The number of nitrogens with two attached hydrogens (primary N) is 1. The lowest BCUT2D eigenvalue weighted by atomic mass is 10.1. The Morgan fingerprint density at radius 3 is 2.32 bits per heavy atom. The first-order chi connectivity index (χ1) is 8.84. The minimum Gasteiger partial charge on any atom is -0.393 e. The van der Waals surface area contributed by atoms with Crippen molar-refractivity contribution < 1.29 is 8.78 Å². The molecule has 0 bridgehead atoms. The summed E-state index contributed by atoms with van der Waals surface area (Å²) in [6.45, 7) is 3.81. The van der Waals surface area contributed by atoms with Crippen molar-refractivity contribution in [1.29, 1.82) is 0 Å². The molecule has 0 aliphatic heterocycles. The third kappa shape index (κ3) is 2.03. The van der Waals surface area contributed by atoms with Gasteiger partial charge in [0.1, 0.15) is 5.69 Å². The van der Waals surface area contributed by atoms with Crippen LogP contribution in [0.5, 0.6) is 0 Å². The fourth-order valence-electron chi connectivity index (χ4n) is 2.23. The number of halogens is 2. The highest BCUT2D eigenvalue weighted by Crippen LogP contribution is 2.21. The van der Waals surface area contributed by atoms with Gasteiger partial charge in [-0.2, -0.15) is 0 Å². The number of nitrogens with zero attached hydrogens (tertiary/aromatic N) is 2. The monoisotopic (exact) mass is 267 g/mol. The fraction of sp³-hybridized carbons (Fsp3) is 0.308. The maximum Gasteiger partial charge on any atom is 0.294 e. The predicted octanol–water partition coefficient (Wildman–Crippen LogP) is 2.16. The van der Waals surface area contributed by atoms with E-state index in [1.165, 1.54) is 10.7 Å². The Morgan fingerprint density at radius 1 is 1.21 bits per heavy atom. The number of hydrogen-bond acceptors (Lipinski definition) is 2. The van der Waals surface area contributed by atoms with Gasteiger partial charge in [-0.05, 0) is 18.1 Å². The Morgan fingerprint density at radius 2 is 1.84 bits per heavy atom. The lowest BCUT2D eigenvalue weighted by Crippen LogP contribution is -2.21. The number of nitrogen functional groups attached to an aromatic ring is 1. The van der Waals surface area contributed by atoms with Crippen molar-refractivity contribution in [1.82, 2.24) is 9.36 Å². The molecule has 1 aromatic heterocycles. The smallest absolute Gasteiger partial charge is 0.294 e. The topological polar surface area (TPSA) is 53.0 Å². The van der Waals surface area contributed by atoms with E-state index in [1.807, 2.05) is 13.8 Å². The summed E-state index contributed by atoms with van der Waals surface area (Å²) in [6, 6.07) is 3.29. The first-order valence-electron chi connectivity index (χ1n) is 5.87. The molecule has 0 aliphatic rings. The second kappa shape index (κ2) is 4.53. The Kier molecular flexibility index (Phi) is 3.18. The molecule has 0 atom stereocenters. The zero-order chi connectivity index (χ0) is 14.3. The van der Waals surface area contributed by atoms with Crippen LogP contribution < -0.4 is 11.3 Å². The van der Waals surface area contributed by atoms with Crippen LogP contribution in [0.15, 0.2) is 23.0 Å². The Balaban J connectivity index is 2.73. The van der Waals surface area contributed by atoms with Gasteiger partial charge in [-0.25, -0.2) is 13.5 Å². The minimum absolute atomic E-state index is 0.0456. The average molecular weight is 267 g/mol. The summed E-state index contributed by atoms with van der Waals surface area (Å²) < 4.78 is 29.0. The van der Waals surface area contributed by atoms with Crippen LogP contribution in [0.1, 0.15) is 25.5 Å². The van der Waals surface area contributed by atoms with Crippen LogP contribution in [0.4, 0.5) is 14.5 Å². The molecule has 2 aromatic rings. The second-order valence-corrected chi connectivity index (χ2v) is 4.69. The molecule has 6 heteroatoms. The van der Waals surface area contributed by atoms with Gasteiger partial charge in [0.05, 0.1) is 11.4 Å². The van der Waals surface area contributed by atoms with Gasteiger partial charge in [0, 0.05) is 13.1 Å². The van der Waals surface area contributed by atoms with E-state index in [1.54, 1.807) is 11.7 Å². The predicted molar refractivity (Wildman–Crippen MR) is 69.4 cm³/mol. The fourth-order valence-corrected chi connectivity index (χ4v) is 2.23.